The van der Waals surface area contributed by atoms with Gasteiger partial charge in [0.2, 0.25) is 5.16 Å². The highest BCUT2D eigenvalue weighted by Crippen LogP contribution is 2.33. The zero-order valence-electron chi connectivity index (χ0n) is 19.7. The van der Waals surface area contributed by atoms with Gasteiger partial charge in [0.05, 0.1) is 10.6 Å². The molecule has 2 N–H and O–H groups in total. The molecule has 0 unspecified atom stereocenters. The fourth-order valence-electron chi connectivity index (χ4n) is 4.13. The van der Waals surface area contributed by atoms with Crippen LogP contribution in [0.4, 0.5) is 5.69 Å². The largest absolute Gasteiger partial charge is 0.351 e. The first-order chi connectivity index (χ1) is 17.9. The zero-order valence-corrected chi connectivity index (χ0v) is 22.1. The molecule has 1 amide bonds. The molecule has 0 radical (unpaired) electrons. The number of aromatic amines is 1. The van der Waals surface area contributed by atoms with Crippen molar-refractivity contribution in [3.63, 3.8) is 0 Å². The van der Waals surface area contributed by atoms with E-state index < -0.39 is 10.0 Å². The lowest BCUT2D eigenvalue weighted by Gasteiger charge is -2.30. The van der Waals surface area contributed by atoms with Gasteiger partial charge in [0, 0.05) is 35.0 Å². The van der Waals surface area contributed by atoms with Gasteiger partial charge in [-0.1, -0.05) is 53.7 Å². The van der Waals surface area contributed by atoms with Gasteiger partial charge < -0.3 is 5.32 Å². The predicted molar refractivity (Wildman–Crippen MR) is 146 cm³/mol. The minimum Gasteiger partial charge on any atom is -0.351 e. The fourth-order valence-corrected chi connectivity index (χ4v) is 6.45. The first-order valence-electron chi connectivity index (χ1n) is 11.7. The number of amides is 1. The van der Waals surface area contributed by atoms with Gasteiger partial charge >= 0.3 is 0 Å². The Kier molecular flexibility index (Phi) is 7.50. The van der Waals surface area contributed by atoms with Crippen LogP contribution < -0.4 is 9.62 Å². The maximum atomic E-state index is 13.2. The van der Waals surface area contributed by atoms with Gasteiger partial charge in [-0.05, 0) is 60.9 Å². The zero-order chi connectivity index (χ0) is 25.8. The topological polar surface area (TPSA) is 108 Å². The van der Waals surface area contributed by atoms with Crippen LogP contribution in [-0.4, -0.2) is 48.3 Å². The van der Waals surface area contributed by atoms with Crippen LogP contribution >= 0.6 is 23.4 Å². The number of sulfonamides is 1. The number of carbonyl (C=O) groups excluding carboxylic acids is 1. The number of anilines is 1. The first-order valence-corrected chi connectivity index (χ1v) is 14.5. The molecule has 0 bridgehead atoms. The Bertz CT molecular complexity index is 1510. The lowest BCUT2D eigenvalue weighted by molar-refractivity contribution is 0.0956. The number of rotatable bonds is 8. The molecule has 0 aliphatic carbocycles. The molecular weight excluding hydrogens is 530 g/mol. The fraction of sp³-hybridized carbons (Fsp3) is 0.192. The van der Waals surface area contributed by atoms with E-state index >= 15 is 0 Å². The normalized spacial score (nSPS) is 13.3. The highest BCUT2D eigenvalue weighted by Gasteiger charge is 2.29. The van der Waals surface area contributed by atoms with Crippen LogP contribution in [0.25, 0.3) is 11.4 Å². The van der Waals surface area contributed by atoms with E-state index in [9.17, 15) is 13.2 Å². The van der Waals surface area contributed by atoms with Crippen molar-refractivity contribution < 1.29 is 13.2 Å². The van der Waals surface area contributed by atoms with Crippen molar-refractivity contribution in [2.24, 2.45) is 0 Å². The molecule has 0 fully saturated rings. The predicted octanol–water partition coefficient (Wildman–Crippen LogP) is 4.79. The second kappa shape index (κ2) is 11.0. The van der Waals surface area contributed by atoms with Crippen LogP contribution in [-0.2, 0) is 16.4 Å². The van der Waals surface area contributed by atoms with Crippen LogP contribution in [0.1, 0.15) is 22.3 Å². The summed E-state index contributed by atoms with van der Waals surface area (Å²) in [6.45, 7) is 0.820. The third-order valence-corrected chi connectivity index (χ3v) is 8.88. The molecule has 5 rings (SSSR count). The summed E-state index contributed by atoms with van der Waals surface area (Å²) in [6.07, 6.45) is 1.37. The van der Waals surface area contributed by atoms with Crippen LogP contribution in [0.5, 0.6) is 0 Å². The SMILES string of the molecule is O=C(NCCSc1n[nH]c(-c2ccccc2)n1)c1ccc2c(c1)CCCN2S(=O)(=O)c1ccc(Cl)cc1. The number of thioether (sulfide) groups is 1. The Morgan fingerprint density at radius 1 is 1.08 bits per heavy atom. The molecule has 0 saturated carbocycles. The number of nitrogens with one attached hydrogen (secondary N) is 2. The number of H-pyrrole nitrogens is 1. The molecule has 2 heterocycles. The van der Waals surface area contributed by atoms with Crippen molar-refractivity contribution in [1.29, 1.82) is 0 Å². The minimum absolute atomic E-state index is 0.186. The summed E-state index contributed by atoms with van der Waals surface area (Å²) in [5.74, 6) is 1.10. The molecule has 8 nitrogen and oxygen atoms in total. The molecule has 1 aliphatic rings. The average Bonchev–Trinajstić information content (AvgIpc) is 3.40. The molecule has 11 heteroatoms. The molecule has 1 aromatic heterocycles. The van der Waals surface area contributed by atoms with Crippen molar-refractivity contribution in [1.82, 2.24) is 20.5 Å². The van der Waals surface area contributed by atoms with Crippen LogP contribution in [0.3, 0.4) is 0 Å². The van der Waals surface area contributed by atoms with E-state index in [0.29, 0.717) is 58.9 Å². The molecule has 0 atom stereocenters. The van der Waals surface area contributed by atoms with Crippen molar-refractivity contribution in [2.75, 3.05) is 23.1 Å². The molecular formula is C26H24ClN5O3S2. The highest BCUT2D eigenvalue weighted by atomic mass is 35.5. The number of nitrogens with zero attached hydrogens (tertiary/aromatic N) is 3. The van der Waals surface area contributed by atoms with Gasteiger partial charge in [-0.3, -0.25) is 14.2 Å². The maximum Gasteiger partial charge on any atom is 0.264 e. The van der Waals surface area contributed by atoms with Crippen LogP contribution in [0.2, 0.25) is 5.02 Å². The molecule has 0 spiro atoms. The Labute approximate surface area is 224 Å². The summed E-state index contributed by atoms with van der Waals surface area (Å²) >= 11 is 7.37. The summed E-state index contributed by atoms with van der Waals surface area (Å²) in [7, 11) is -3.73. The van der Waals surface area contributed by atoms with E-state index in [1.54, 1.807) is 30.3 Å². The molecule has 3 aromatic carbocycles. The van der Waals surface area contributed by atoms with Gasteiger partial charge in [-0.15, -0.1) is 5.10 Å². The van der Waals surface area contributed by atoms with Gasteiger partial charge in [-0.2, -0.15) is 0 Å². The van der Waals surface area contributed by atoms with Gasteiger partial charge in [0.1, 0.15) is 0 Å². The summed E-state index contributed by atoms with van der Waals surface area (Å²) in [4.78, 5) is 17.4. The monoisotopic (exact) mass is 553 g/mol. The average molecular weight is 554 g/mol. The van der Waals surface area contributed by atoms with Gasteiger partial charge in [0.25, 0.3) is 15.9 Å². The van der Waals surface area contributed by atoms with E-state index in [1.807, 2.05) is 30.3 Å². The second-order valence-electron chi connectivity index (χ2n) is 8.42. The number of fused-ring (bicyclic) bond motifs is 1. The number of hydrogen-bond acceptors (Lipinski definition) is 6. The maximum absolute atomic E-state index is 13.2. The molecule has 0 saturated heterocycles. The summed E-state index contributed by atoms with van der Waals surface area (Å²) in [5, 5.41) is 11.2. The van der Waals surface area contributed by atoms with E-state index in [1.165, 1.54) is 28.2 Å². The van der Waals surface area contributed by atoms with Gasteiger partial charge in [-0.25, -0.2) is 13.4 Å². The number of hydrogen-bond donors (Lipinski definition) is 2. The first kappa shape index (κ1) is 25.3. The lowest BCUT2D eigenvalue weighted by atomic mass is 10.0. The standard InChI is InChI=1S/C26H24ClN5O3S2/c27-21-9-11-22(12-10-21)37(34,35)32-15-4-7-19-17-20(8-13-23(19)32)25(33)28-14-16-36-26-29-24(30-31-26)18-5-2-1-3-6-18/h1-3,5-6,8-13,17H,4,7,14-16H2,(H,28,33)(H,29,30,31). The van der Waals surface area contributed by atoms with E-state index in [2.05, 4.69) is 20.5 Å². The van der Waals surface area contributed by atoms with E-state index in [4.69, 9.17) is 11.6 Å². The van der Waals surface area contributed by atoms with E-state index in [0.717, 1.165) is 11.1 Å². The second-order valence-corrected chi connectivity index (χ2v) is 11.8. The number of aromatic nitrogens is 3. The highest BCUT2D eigenvalue weighted by molar-refractivity contribution is 7.99. The third kappa shape index (κ3) is 5.66. The van der Waals surface area contributed by atoms with Crippen molar-refractivity contribution in [2.45, 2.75) is 22.9 Å². The molecule has 37 heavy (non-hydrogen) atoms. The molecule has 190 valence electrons. The minimum atomic E-state index is -3.73. The third-order valence-electron chi connectivity index (χ3n) is 5.95. The molecule has 4 aromatic rings. The Balaban J connectivity index is 1.20. The molecule has 1 aliphatic heterocycles. The van der Waals surface area contributed by atoms with Crippen LogP contribution in [0.15, 0.2) is 82.8 Å². The van der Waals surface area contributed by atoms with Crippen molar-refractivity contribution in [3.8, 4) is 11.4 Å². The Morgan fingerprint density at radius 2 is 1.86 bits per heavy atom. The van der Waals surface area contributed by atoms with Crippen molar-refractivity contribution in [3.05, 3.63) is 88.9 Å². The van der Waals surface area contributed by atoms with E-state index in [-0.39, 0.29) is 10.8 Å². The Hall–Kier alpha value is -3.34. The quantitative estimate of drug-likeness (QED) is 0.240. The number of halogens is 1. The van der Waals surface area contributed by atoms with Crippen LogP contribution in [0, 0.1) is 0 Å². The summed E-state index contributed by atoms with van der Waals surface area (Å²) in [5.41, 5.74) is 2.90. The smallest absolute Gasteiger partial charge is 0.264 e. The van der Waals surface area contributed by atoms with Gasteiger partial charge in [0.15, 0.2) is 5.82 Å². The Morgan fingerprint density at radius 3 is 2.65 bits per heavy atom. The summed E-state index contributed by atoms with van der Waals surface area (Å²) < 4.78 is 27.9. The number of carbonyl (C=O) groups is 1. The number of benzene rings is 3. The van der Waals surface area contributed by atoms with Crippen molar-refractivity contribution >= 4 is 45.0 Å². The summed E-state index contributed by atoms with van der Waals surface area (Å²) in [6, 6.07) is 21.0. The lowest BCUT2D eigenvalue weighted by Crippen LogP contribution is -2.35. The number of aryl methyl sites for hydroxylation is 1.